The van der Waals surface area contributed by atoms with Crippen molar-refractivity contribution in [2.24, 2.45) is 5.92 Å². The van der Waals surface area contributed by atoms with Crippen molar-refractivity contribution in [2.75, 3.05) is 5.33 Å². The molecule has 0 saturated heterocycles. The summed E-state index contributed by atoms with van der Waals surface area (Å²) in [5, 5.41) is 4.52. The monoisotopic (exact) mass is 256 g/mol. The van der Waals surface area contributed by atoms with Crippen LogP contribution in [0.5, 0.6) is 0 Å². The molecule has 1 aromatic rings. The zero-order valence-corrected chi connectivity index (χ0v) is 10.3. The quantitative estimate of drug-likeness (QED) is 0.820. The van der Waals surface area contributed by atoms with Gasteiger partial charge in [0.25, 0.3) is 0 Å². The van der Waals surface area contributed by atoms with Crippen molar-refractivity contribution >= 4 is 15.9 Å². The fraction of sp³-hybridized carbons (Fsp3) is 0.545. The van der Waals surface area contributed by atoms with Crippen molar-refractivity contribution in [2.45, 2.75) is 26.4 Å². The Morgan fingerprint density at radius 3 is 2.86 bits per heavy atom. The minimum absolute atomic E-state index is 0.523. The van der Waals surface area contributed by atoms with E-state index in [0.29, 0.717) is 12.0 Å². The number of nitrogens with one attached hydrogen (secondary N) is 1. The molecule has 0 amide bonds. The highest BCUT2D eigenvalue weighted by atomic mass is 79.9. The highest BCUT2D eigenvalue weighted by Crippen LogP contribution is 2.06. The van der Waals surface area contributed by atoms with Crippen LogP contribution in [0.1, 0.15) is 19.4 Å². The first kappa shape index (κ1) is 11.7. The fourth-order valence-electron chi connectivity index (χ4n) is 1.12. The summed E-state index contributed by atoms with van der Waals surface area (Å²) in [6.45, 7) is 5.34. The maximum Gasteiger partial charge on any atom is 0.0312 e. The highest BCUT2D eigenvalue weighted by Gasteiger charge is 2.09. The van der Waals surface area contributed by atoms with Crippen LogP contribution in [0.2, 0.25) is 0 Å². The second-order valence-corrected chi connectivity index (χ2v) is 4.31. The molecule has 0 bridgehead atoms. The Bertz CT molecular complexity index is 251. The van der Waals surface area contributed by atoms with Gasteiger partial charge in [-0.05, 0) is 24.5 Å². The van der Waals surface area contributed by atoms with Crippen LogP contribution in [-0.4, -0.2) is 16.4 Å². The summed E-state index contributed by atoms with van der Waals surface area (Å²) in [5.41, 5.74) is 1.24. The molecule has 3 heteroatoms. The minimum Gasteiger partial charge on any atom is -0.310 e. The van der Waals surface area contributed by atoms with Crippen LogP contribution in [0.3, 0.4) is 0 Å². The average Bonchev–Trinajstić information content (AvgIpc) is 2.26. The van der Waals surface area contributed by atoms with E-state index in [-0.39, 0.29) is 0 Å². The molecule has 1 rings (SSSR count). The van der Waals surface area contributed by atoms with Gasteiger partial charge >= 0.3 is 0 Å². The molecule has 1 N–H and O–H groups in total. The lowest BCUT2D eigenvalue weighted by molar-refractivity contribution is 0.433. The van der Waals surface area contributed by atoms with Crippen LogP contribution in [0.15, 0.2) is 24.5 Å². The molecule has 0 aliphatic carbocycles. The molecule has 0 saturated carbocycles. The van der Waals surface area contributed by atoms with Crippen molar-refractivity contribution < 1.29 is 0 Å². The zero-order chi connectivity index (χ0) is 10.4. The largest absolute Gasteiger partial charge is 0.310 e. The summed E-state index contributed by atoms with van der Waals surface area (Å²) < 4.78 is 0. The predicted octanol–water partition coefficient (Wildman–Crippen LogP) is 2.59. The molecule has 0 spiro atoms. The average molecular weight is 257 g/mol. The van der Waals surface area contributed by atoms with Crippen LogP contribution < -0.4 is 5.32 Å². The van der Waals surface area contributed by atoms with Gasteiger partial charge in [0, 0.05) is 30.3 Å². The van der Waals surface area contributed by atoms with E-state index in [4.69, 9.17) is 0 Å². The summed E-state index contributed by atoms with van der Waals surface area (Å²) in [4.78, 5) is 4.08. The summed E-state index contributed by atoms with van der Waals surface area (Å²) in [7, 11) is 0. The standard InChI is InChI=1S/C11H17BrN2/c1-9(6-12)10(2)14-8-11-4-3-5-13-7-11/h3-5,7,9-10,14H,6,8H2,1-2H3. The summed E-state index contributed by atoms with van der Waals surface area (Å²) in [6.07, 6.45) is 3.70. The van der Waals surface area contributed by atoms with Gasteiger partial charge in [-0.1, -0.05) is 28.9 Å². The number of halogens is 1. The van der Waals surface area contributed by atoms with Gasteiger partial charge in [-0.2, -0.15) is 0 Å². The van der Waals surface area contributed by atoms with Gasteiger partial charge in [0.15, 0.2) is 0 Å². The lowest BCUT2D eigenvalue weighted by Gasteiger charge is -2.19. The van der Waals surface area contributed by atoms with Crippen molar-refractivity contribution in [1.82, 2.24) is 10.3 Å². The molecular formula is C11H17BrN2. The number of alkyl halides is 1. The summed E-state index contributed by atoms with van der Waals surface area (Å²) >= 11 is 3.49. The van der Waals surface area contributed by atoms with Gasteiger partial charge in [-0.15, -0.1) is 0 Å². The first-order valence-electron chi connectivity index (χ1n) is 4.92. The third-order valence-corrected chi connectivity index (χ3v) is 3.47. The van der Waals surface area contributed by atoms with E-state index < -0.39 is 0 Å². The zero-order valence-electron chi connectivity index (χ0n) is 8.70. The first-order valence-corrected chi connectivity index (χ1v) is 6.04. The van der Waals surface area contributed by atoms with Gasteiger partial charge in [-0.25, -0.2) is 0 Å². The SMILES string of the molecule is CC(CBr)C(C)NCc1cccnc1. The Balaban J connectivity index is 2.34. The molecule has 0 radical (unpaired) electrons. The van der Waals surface area contributed by atoms with E-state index in [2.05, 4.69) is 46.1 Å². The van der Waals surface area contributed by atoms with E-state index in [1.807, 2.05) is 12.3 Å². The van der Waals surface area contributed by atoms with Gasteiger partial charge in [0.1, 0.15) is 0 Å². The molecule has 1 aromatic heterocycles. The molecule has 0 fully saturated rings. The van der Waals surface area contributed by atoms with Gasteiger partial charge in [0.2, 0.25) is 0 Å². The van der Waals surface area contributed by atoms with E-state index in [1.165, 1.54) is 5.56 Å². The molecule has 2 nitrogen and oxygen atoms in total. The topological polar surface area (TPSA) is 24.9 Å². The van der Waals surface area contributed by atoms with Crippen LogP contribution in [0.4, 0.5) is 0 Å². The Morgan fingerprint density at radius 1 is 1.50 bits per heavy atom. The normalized spacial score (nSPS) is 15.1. The third-order valence-electron chi connectivity index (χ3n) is 2.45. The van der Waals surface area contributed by atoms with Crippen molar-refractivity contribution in [3.8, 4) is 0 Å². The van der Waals surface area contributed by atoms with Crippen molar-refractivity contribution in [1.29, 1.82) is 0 Å². The molecular weight excluding hydrogens is 240 g/mol. The number of hydrogen-bond acceptors (Lipinski definition) is 2. The summed E-state index contributed by atoms with van der Waals surface area (Å²) in [6, 6.07) is 4.58. The fourth-order valence-corrected chi connectivity index (χ4v) is 1.68. The van der Waals surface area contributed by atoms with Crippen LogP contribution in [0, 0.1) is 5.92 Å². The minimum atomic E-state index is 0.523. The van der Waals surface area contributed by atoms with Gasteiger partial charge in [0.05, 0.1) is 0 Å². The smallest absolute Gasteiger partial charge is 0.0312 e. The Labute approximate surface area is 94.3 Å². The number of pyridine rings is 1. The first-order chi connectivity index (χ1) is 6.74. The Hall–Kier alpha value is -0.410. The molecule has 0 aromatic carbocycles. The molecule has 1 heterocycles. The second-order valence-electron chi connectivity index (χ2n) is 3.66. The number of hydrogen-bond donors (Lipinski definition) is 1. The van der Waals surface area contributed by atoms with E-state index in [9.17, 15) is 0 Å². The molecule has 0 aliphatic rings. The molecule has 2 unspecified atom stereocenters. The van der Waals surface area contributed by atoms with E-state index in [1.54, 1.807) is 6.20 Å². The van der Waals surface area contributed by atoms with Crippen molar-refractivity contribution in [3.63, 3.8) is 0 Å². The Morgan fingerprint density at radius 2 is 2.29 bits per heavy atom. The van der Waals surface area contributed by atoms with E-state index >= 15 is 0 Å². The van der Waals surface area contributed by atoms with Crippen molar-refractivity contribution in [3.05, 3.63) is 30.1 Å². The van der Waals surface area contributed by atoms with E-state index in [0.717, 1.165) is 11.9 Å². The molecule has 14 heavy (non-hydrogen) atoms. The van der Waals surface area contributed by atoms with Crippen LogP contribution in [-0.2, 0) is 6.54 Å². The van der Waals surface area contributed by atoms with Gasteiger partial charge < -0.3 is 5.32 Å². The lowest BCUT2D eigenvalue weighted by atomic mass is 10.1. The molecule has 0 aliphatic heterocycles. The number of aromatic nitrogens is 1. The lowest BCUT2D eigenvalue weighted by Crippen LogP contribution is -2.32. The maximum absolute atomic E-state index is 4.08. The molecule has 2 atom stereocenters. The number of nitrogens with zero attached hydrogens (tertiary/aromatic N) is 1. The van der Waals surface area contributed by atoms with Gasteiger partial charge in [-0.3, -0.25) is 4.98 Å². The highest BCUT2D eigenvalue weighted by molar-refractivity contribution is 9.09. The third kappa shape index (κ3) is 3.76. The van der Waals surface area contributed by atoms with Crippen LogP contribution in [0.25, 0.3) is 0 Å². The Kier molecular flexibility index (Phi) is 5.12. The summed E-state index contributed by atoms with van der Waals surface area (Å²) in [5.74, 6) is 0.645. The number of rotatable bonds is 5. The molecule has 78 valence electrons. The second kappa shape index (κ2) is 6.14. The predicted molar refractivity (Wildman–Crippen MR) is 63.5 cm³/mol. The maximum atomic E-state index is 4.08. The van der Waals surface area contributed by atoms with Crippen LogP contribution >= 0.6 is 15.9 Å².